The van der Waals surface area contributed by atoms with Gasteiger partial charge in [-0.1, -0.05) is 23.5 Å². The van der Waals surface area contributed by atoms with Crippen molar-refractivity contribution in [3.8, 4) is 0 Å². The van der Waals surface area contributed by atoms with Crippen LogP contribution in [0.3, 0.4) is 0 Å². The van der Waals surface area contributed by atoms with Gasteiger partial charge in [-0.3, -0.25) is 4.79 Å². The molecule has 0 unspecified atom stereocenters. The Kier molecular flexibility index (Phi) is 3.68. The van der Waals surface area contributed by atoms with Gasteiger partial charge in [0.15, 0.2) is 0 Å². The maximum atomic E-state index is 11.7. The fourth-order valence-electron chi connectivity index (χ4n) is 1.18. The molecule has 0 aliphatic heterocycles. The van der Waals surface area contributed by atoms with Gasteiger partial charge in [0.2, 0.25) is 9.47 Å². The third kappa shape index (κ3) is 3.00. The molecular formula is C10H8ClN3O2S. The summed E-state index contributed by atoms with van der Waals surface area (Å²) in [5, 5.41) is 18.9. The van der Waals surface area contributed by atoms with Crippen LogP contribution in [0.2, 0.25) is 4.47 Å². The lowest BCUT2D eigenvalue weighted by molar-refractivity contribution is 0.102. The number of amides is 1. The fourth-order valence-corrected chi connectivity index (χ4v) is 1.90. The van der Waals surface area contributed by atoms with Crippen molar-refractivity contribution in [1.29, 1.82) is 0 Å². The van der Waals surface area contributed by atoms with E-state index < -0.39 is 0 Å². The Balaban J connectivity index is 2.07. The molecule has 0 saturated heterocycles. The number of halogens is 1. The van der Waals surface area contributed by atoms with E-state index in [1.54, 1.807) is 24.3 Å². The number of carbonyl (C=O) groups excluding carboxylic acids is 1. The van der Waals surface area contributed by atoms with Crippen LogP contribution in [-0.4, -0.2) is 21.2 Å². The SMILES string of the molecule is O=C(Nc1ccc(CO)cc1)c1nnc(Cl)s1. The van der Waals surface area contributed by atoms with E-state index in [-0.39, 0.29) is 22.0 Å². The van der Waals surface area contributed by atoms with Crippen LogP contribution in [0.5, 0.6) is 0 Å². The maximum Gasteiger partial charge on any atom is 0.286 e. The van der Waals surface area contributed by atoms with Crippen molar-refractivity contribution in [1.82, 2.24) is 10.2 Å². The van der Waals surface area contributed by atoms with Crippen LogP contribution in [0.25, 0.3) is 0 Å². The smallest absolute Gasteiger partial charge is 0.286 e. The highest BCUT2D eigenvalue weighted by Gasteiger charge is 2.11. The van der Waals surface area contributed by atoms with Crippen molar-refractivity contribution in [3.05, 3.63) is 39.3 Å². The van der Waals surface area contributed by atoms with Crippen molar-refractivity contribution in [3.63, 3.8) is 0 Å². The van der Waals surface area contributed by atoms with E-state index in [0.29, 0.717) is 5.69 Å². The van der Waals surface area contributed by atoms with E-state index in [1.165, 1.54) is 0 Å². The molecule has 17 heavy (non-hydrogen) atoms. The van der Waals surface area contributed by atoms with Gasteiger partial charge in [0.05, 0.1) is 6.61 Å². The number of aliphatic hydroxyl groups excluding tert-OH is 1. The number of nitrogens with zero attached hydrogens (tertiary/aromatic N) is 2. The fraction of sp³-hybridized carbons (Fsp3) is 0.100. The van der Waals surface area contributed by atoms with Crippen molar-refractivity contribution in [2.45, 2.75) is 6.61 Å². The molecule has 2 aromatic rings. The van der Waals surface area contributed by atoms with Crippen LogP contribution in [0.15, 0.2) is 24.3 Å². The predicted molar refractivity (Wildman–Crippen MR) is 65.2 cm³/mol. The highest BCUT2D eigenvalue weighted by molar-refractivity contribution is 7.17. The zero-order valence-electron chi connectivity index (χ0n) is 8.55. The summed E-state index contributed by atoms with van der Waals surface area (Å²) in [6.45, 7) is -0.0275. The van der Waals surface area contributed by atoms with E-state index in [2.05, 4.69) is 15.5 Å². The van der Waals surface area contributed by atoms with Gasteiger partial charge in [0.25, 0.3) is 5.91 Å². The van der Waals surface area contributed by atoms with Gasteiger partial charge in [0.1, 0.15) is 0 Å². The quantitative estimate of drug-likeness (QED) is 0.893. The van der Waals surface area contributed by atoms with E-state index in [0.717, 1.165) is 16.9 Å². The van der Waals surface area contributed by atoms with Gasteiger partial charge in [-0.25, -0.2) is 0 Å². The summed E-state index contributed by atoms with van der Waals surface area (Å²) in [6.07, 6.45) is 0. The van der Waals surface area contributed by atoms with Gasteiger partial charge in [-0.05, 0) is 29.3 Å². The first-order chi connectivity index (χ1) is 8.19. The largest absolute Gasteiger partial charge is 0.392 e. The number of hydrogen-bond acceptors (Lipinski definition) is 5. The summed E-state index contributed by atoms with van der Waals surface area (Å²) < 4.78 is 0.228. The summed E-state index contributed by atoms with van der Waals surface area (Å²) in [4.78, 5) is 11.7. The standard InChI is InChI=1S/C10H8ClN3O2S/c11-10-14-13-9(17-10)8(16)12-7-3-1-6(5-15)2-4-7/h1-4,15H,5H2,(H,12,16). The van der Waals surface area contributed by atoms with E-state index in [4.69, 9.17) is 16.7 Å². The highest BCUT2D eigenvalue weighted by Crippen LogP contribution is 2.17. The normalized spacial score (nSPS) is 10.2. The lowest BCUT2D eigenvalue weighted by Gasteiger charge is -2.03. The zero-order valence-corrected chi connectivity index (χ0v) is 10.1. The minimum absolute atomic E-state index is 0.0275. The average Bonchev–Trinajstić information content (AvgIpc) is 2.77. The predicted octanol–water partition coefficient (Wildman–Crippen LogP) is 1.94. The van der Waals surface area contributed by atoms with Gasteiger partial charge >= 0.3 is 0 Å². The van der Waals surface area contributed by atoms with Crippen molar-refractivity contribution in [2.24, 2.45) is 0 Å². The second-order valence-corrected chi connectivity index (χ2v) is 4.73. The van der Waals surface area contributed by atoms with Crippen LogP contribution in [0, 0.1) is 0 Å². The molecule has 88 valence electrons. The molecule has 0 atom stereocenters. The molecule has 1 aromatic heterocycles. The first-order valence-corrected chi connectivity index (χ1v) is 5.88. The van der Waals surface area contributed by atoms with Crippen molar-refractivity contribution in [2.75, 3.05) is 5.32 Å². The number of benzene rings is 1. The number of hydrogen-bond donors (Lipinski definition) is 2. The summed E-state index contributed by atoms with van der Waals surface area (Å²) >= 11 is 6.60. The molecule has 0 saturated carbocycles. The summed E-state index contributed by atoms with van der Waals surface area (Å²) in [5.74, 6) is -0.355. The first kappa shape index (κ1) is 12.0. The second kappa shape index (κ2) is 5.22. The summed E-state index contributed by atoms with van der Waals surface area (Å²) in [6, 6.07) is 6.85. The molecule has 0 spiro atoms. The Bertz CT molecular complexity index is 527. The first-order valence-electron chi connectivity index (χ1n) is 4.69. The van der Waals surface area contributed by atoms with Crippen LogP contribution in [0.1, 0.15) is 15.4 Å². The lowest BCUT2D eigenvalue weighted by Crippen LogP contribution is -2.11. The highest BCUT2D eigenvalue weighted by atomic mass is 35.5. The molecule has 2 N–H and O–H groups in total. The number of aliphatic hydroxyl groups is 1. The molecule has 1 aromatic carbocycles. The molecule has 1 amide bonds. The Morgan fingerprint density at radius 1 is 1.35 bits per heavy atom. The molecule has 1 heterocycles. The molecular weight excluding hydrogens is 262 g/mol. The summed E-state index contributed by atoms with van der Waals surface area (Å²) in [7, 11) is 0. The maximum absolute atomic E-state index is 11.7. The number of aromatic nitrogens is 2. The number of anilines is 1. The van der Waals surface area contributed by atoms with E-state index in [9.17, 15) is 4.79 Å². The molecule has 0 radical (unpaired) electrons. The van der Waals surface area contributed by atoms with Crippen LogP contribution in [-0.2, 0) is 6.61 Å². The molecule has 0 aliphatic rings. The lowest BCUT2D eigenvalue weighted by atomic mass is 10.2. The molecule has 2 rings (SSSR count). The molecule has 7 heteroatoms. The monoisotopic (exact) mass is 269 g/mol. The third-order valence-electron chi connectivity index (χ3n) is 1.99. The van der Waals surface area contributed by atoms with E-state index >= 15 is 0 Å². The summed E-state index contributed by atoms with van der Waals surface area (Å²) in [5.41, 5.74) is 1.40. The molecule has 5 nitrogen and oxygen atoms in total. The molecule has 0 aliphatic carbocycles. The number of nitrogens with one attached hydrogen (secondary N) is 1. The number of carbonyl (C=O) groups is 1. The van der Waals surface area contributed by atoms with Gasteiger partial charge in [-0.15, -0.1) is 10.2 Å². The van der Waals surface area contributed by atoms with Gasteiger partial charge in [0, 0.05) is 5.69 Å². The Hall–Kier alpha value is -1.50. The van der Waals surface area contributed by atoms with Gasteiger partial charge < -0.3 is 10.4 Å². The topological polar surface area (TPSA) is 75.1 Å². The third-order valence-corrected chi connectivity index (χ3v) is 3.01. The average molecular weight is 270 g/mol. The minimum atomic E-state index is -0.355. The Morgan fingerprint density at radius 2 is 2.06 bits per heavy atom. The molecule has 0 fully saturated rings. The number of rotatable bonds is 3. The Labute approximate surface area is 106 Å². The van der Waals surface area contributed by atoms with Crippen LogP contribution < -0.4 is 5.32 Å². The second-order valence-electron chi connectivity index (χ2n) is 3.17. The van der Waals surface area contributed by atoms with Crippen LogP contribution in [0.4, 0.5) is 5.69 Å². The Morgan fingerprint density at radius 3 is 2.59 bits per heavy atom. The van der Waals surface area contributed by atoms with Crippen LogP contribution >= 0.6 is 22.9 Å². The van der Waals surface area contributed by atoms with Crippen molar-refractivity contribution >= 4 is 34.5 Å². The van der Waals surface area contributed by atoms with E-state index in [1.807, 2.05) is 0 Å². The zero-order chi connectivity index (χ0) is 12.3. The molecule has 0 bridgehead atoms. The minimum Gasteiger partial charge on any atom is -0.392 e. The van der Waals surface area contributed by atoms with Gasteiger partial charge in [-0.2, -0.15) is 0 Å². The van der Waals surface area contributed by atoms with Crippen molar-refractivity contribution < 1.29 is 9.90 Å².